The molecule has 0 amide bonds. The zero-order chi connectivity index (χ0) is 11.8. The fraction of sp³-hybridized carbons (Fsp3) is 0.143. The molecule has 1 aliphatic heterocycles. The zero-order valence-corrected chi connectivity index (χ0v) is 9.61. The van der Waals surface area contributed by atoms with E-state index in [0.717, 1.165) is 16.5 Å². The number of aryl methyl sites for hydroxylation is 1. The Morgan fingerprint density at radius 3 is 2.76 bits per heavy atom. The molecule has 84 valence electrons. The van der Waals surface area contributed by atoms with Gasteiger partial charge in [0.15, 0.2) is 0 Å². The van der Waals surface area contributed by atoms with Crippen molar-refractivity contribution in [3.05, 3.63) is 59.4 Å². The van der Waals surface area contributed by atoms with Crippen LogP contribution in [0.2, 0.25) is 0 Å². The molecule has 0 N–H and O–H groups in total. The lowest BCUT2D eigenvalue weighted by molar-refractivity contribution is 0.336. The van der Waals surface area contributed by atoms with Gasteiger partial charge >= 0.3 is 6.92 Å². The van der Waals surface area contributed by atoms with E-state index in [9.17, 15) is 4.39 Å². The maximum atomic E-state index is 13.1. The average molecular weight is 226 g/mol. The highest BCUT2D eigenvalue weighted by Crippen LogP contribution is 2.13. The van der Waals surface area contributed by atoms with Crippen molar-refractivity contribution in [1.29, 1.82) is 0 Å². The second-order valence-electron chi connectivity index (χ2n) is 4.39. The highest BCUT2D eigenvalue weighted by molar-refractivity contribution is 6.81. The van der Waals surface area contributed by atoms with E-state index in [4.69, 9.17) is 4.65 Å². The second-order valence-corrected chi connectivity index (χ2v) is 4.39. The molecule has 0 fully saturated rings. The predicted octanol–water partition coefficient (Wildman–Crippen LogP) is 1.77. The van der Waals surface area contributed by atoms with Crippen molar-refractivity contribution >= 4 is 17.8 Å². The van der Waals surface area contributed by atoms with Crippen LogP contribution in [0.4, 0.5) is 4.39 Å². The van der Waals surface area contributed by atoms with Gasteiger partial charge in [-0.25, -0.2) is 4.39 Å². The molecule has 0 bridgehead atoms. The minimum absolute atomic E-state index is 0.0493. The Kier molecular flexibility index (Phi) is 2.48. The van der Waals surface area contributed by atoms with E-state index < -0.39 is 0 Å². The van der Waals surface area contributed by atoms with E-state index in [2.05, 4.69) is 19.1 Å². The molecule has 3 rings (SSSR count). The Bertz CT molecular complexity index is 568. The minimum atomic E-state index is -0.196. The minimum Gasteiger partial charge on any atom is -0.423 e. The highest BCUT2D eigenvalue weighted by Gasteiger charge is 2.30. The third-order valence-corrected chi connectivity index (χ3v) is 3.26. The summed E-state index contributed by atoms with van der Waals surface area (Å²) < 4.78 is 18.9. The molecule has 0 aromatic heterocycles. The molecule has 3 heteroatoms. The summed E-state index contributed by atoms with van der Waals surface area (Å²) in [6.07, 6.45) is 0. The van der Waals surface area contributed by atoms with Gasteiger partial charge in [0.05, 0.1) is 6.61 Å². The van der Waals surface area contributed by atoms with E-state index in [-0.39, 0.29) is 12.7 Å². The van der Waals surface area contributed by atoms with Crippen LogP contribution in [0, 0.1) is 12.7 Å². The normalized spacial score (nSPS) is 13.9. The fourth-order valence-corrected chi connectivity index (χ4v) is 2.36. The van der Waals surface area contributed by atoms with Gasteiger partial charge in [-0.3, -0.25) is 0 Å². The summed E-state index contributed by atoms with van der Waals surface area (Å²) in [5.74, 6) is -0.196. The van der Waals surface area contributed by atoms with Crippen LogP contribution >= 0.6 is 0 Å². The summed E-state index contributed by atoms with van der Waals surface area (Å²) in [5, 5.41) is 0. The quantitative estimate of drug-likeness (QED) is 0.673. The molecule has 0 atom stereocenters. The van der Waals surface area contributed by atoms with E-state index in [1.54, 1.807) is 6.07 Å². The Morgan fingerprint density at radius 1 is 1.12 bits per heavy atom. The maximum absolute atomic E-state index is 13.1. The first-order chi connectivity index (χ1) is 8.25. The summed E-state index contributed by atoms with van der Waals surface area (Å²) in [4.78, 5) is 0. The lowest BCUT2D eigenvalue weighted by Crippen LogP contribution is -2.42. The largest absolute Gasteiger partial charge is 0.423 e. The molecule has 0 saturated carbocycles. The molecular formula is C14H12BFO. The van der Waals surface area contributed by atoms with Crippen LogP contribution in [0.3, 0.4) is 0 Å². The van der Waals surface area contributed by atoms with E-state index in [0.29, 0.717) is 6.61 Å². The number of fused-ring (bicyclic) bond motifs is 1. The van der Waals surface area contributed by atoms with Gasteiger partial charge in [-0.15, -0.1) is 0 Å². The third-order valence-electron chi connectivity index (χ3n) is 3.26. The van der Waals surface area contributed by atoms with Gasteiger partial charge in [0, 0.05) is 0 Å². The molecule has 0 spiro atoms. The Hall–Kier alpha value is -1.61. The molecule has 0 saturated heterocycles. The van der Waals surface area contributed by atoms with Crippen LogP contribution in [-0.4, -0.2) is 6.92 Å². The van der Waals surface area contributed by atoms with Crippen LogP contribution < -0.4 is 10.9 Å². The number of hydrogen-bond donors (Lipinski definition) is 0. The average Bonchev–Trinajstić information content (AvgIpc) is 2.72. The van der Waals surface area contributed by atoms with Gasteiger partial charge in [-0.1, -0.05) is 35.9 Å². The molecule has 0 aliphatic carbocycles. The van der Waals surface area contributed by atoms with Gasteiger partial charge in [0.25, 0.3) is 0 Å². The number of rotatable bonds is 1. The Balaban J connectivity index is 2.07. The second kappa shape index (κ2) is 4.00. The van der Waals surface area contributed by atoms with Crippen molar-refractivity contribution in [1.82, 2.24) is 0 Å². The smallest absolute Gasteiger partial charge is 0.362 e. The summed E-state index contributed by atoms with van der Waals surface area (Å²) in [6.45, 7) is 2.51. The monoisotopic (exact) mass is 226 g/mol. The number of benzene rings is 2. The first-order valence-corrected chi connectivity index (χ1v) is 5.71. The van der Waals surface area contributed by atoms with Crippen LogP contribution in [0.15, 0.2) is 42.5 Å². The number of hydrogen-bond acceptors (Lipinski definition) is 1. The summed E-state index contributed by atoms with van der Waals surface area (Å²) >= 11 is 0. The SMILES string of the molecule is Cc1ccccc1B1OCc2cc(F)ccc21. The van der Waals surface area contributed by atoms with Crippen molar-refractivity contribution in [3.63, 3.8) is 0 Å². The van der Waals surface area contributed by atoms with E-state index in [1.165, 1.54) is 11.6 Å². The maximum Gasteiger partial charge on any atom is 0.362 e. The lowest BCUT2D eigenvalue weighted by atomic mass is 9.55. The van der Waals surface area contributed by atoms with E-state index in [1.807, 2.05) is 18.2 Å². The Labute approximate surface area is 100 Å². The van der Waals surface area contributed by atoms with Crippen LogP contribution in [0.25, 0.3) is 0 Å². The summed E-state index contributed by atoms with van der Waals surface area (Å²) in [5.41, 5.74) is 4.41. The molecule has 2 aromatic carbocycles. The summed E-state index contributed by atoms with van der Waals surface area (Å²) in [6, 6.07) is 13.0. The van der Waals surface area contributed by atoms with Crippen LogP contribution in [0.1, 0.15) is 11.1 Å². The van der Waals surface area contributed by atoms with Crippen LogP contribution in [-0.2, 0) is 11.3 Å². The highest BCUT2D eigenvalue weighted by atomic mass is 19.1. The standard InChI is InChI=1S/C14H12BFO/c1-10-4-2-3-5-13(10)15-14-7-6-12(16)8-11(14)9-17-15/h2-8H,9H2,1H3. The van der Waals surface area contributed by atoms with Gasteiger partial charge in [0.2, 0.25) is 0 Å². The van der Waals surface area contributed by atoms with Gasteiger partial charge in [-0.2, -0.15) is 0 Å². The van der Waals surface area contributed by atoms with Crippen LogP contribution in [0.5, 0.6) is 0 Å². The summed E-state index contributed by atoms with van der Waals surface area (Å²) in [7, 11) is 0. The van der Waals surface area contributed by atoms with Crippen molar-refractivity contribution in [2.45, 2.75) is 13.5 Å². The lowest BCUT2D eigenvalue weighted by Gasteiger charge is -2.10. The molecule has 17 heavy (non-hydrogen) atoms. The van der Waals surface area contributed by atoms with Crippen molar-refractivity contribution < 1.29 is 9.04 Å². The number of halogens is 1. The van der Waals surface area contributed by atoms with E-state index >= 15 is 0 Å². The topological polar surface area (TPSA) is 9.23 Å². The predicted molar refractivity (Wildman–Crippen MR) is 67.4 cm³/mol. The molecule has 1 aliphatic rings. The van der Waals surface area contributed by atoms with Crippen molar-refractivity contribution in [2.24, 2.45) is 0 Å². The molecule has 1 nitrogen and oxygen atoms in total. The fourth-order valence-electron chi connectivity index (χ4n) is 2.36. The first kappa shape index (κ1) is 10.5. The Morgan fingerprint density at radius 2 is 1.94 bits per heavy atom. The third kappa shape index (κ3) is 1.77. The first-order valence-electron chi connectivity index (χ1n) is 5.71. The molecule has 1 heterocycles. The van der Waals surface area contributed by atoms with Gasteiger partial charge < -0.3 is 4.65 Å². The molecule has 0 radical (unpaired) electrons. The van der Waals surface area contributed by atoms with Crippen molar-refractivity contribution in [3.8, 4) is 0 Å². The molecular weight excluding hydrogens is 214 g/mol. The van der Waals surface area contributed by atoms with Gasteiger partial charge in [0.1, 0.15) is 5.82 Å². The molecule has 2 aromatic rings. The zero-order valence-electron chi connectivity index (χ0n) is 9.61. The van der Waals surface area contributed by atoms with Crippen molar-refractivity contribution in [2.75, 3.05) is 0 Å². The molecule has 0 unspecified atom stereocenters. The van der Waals surface area contributed by atoms with Gasteiger partial charge in [-0.05, 0) is 35.5 Å².